The maximum Gasteiger partial charge on any atom is 0.358 e. The van der Waals surface area contributed by atoms with Crippen LogP contribution in [-0.2, 0) is 4.74 Å². The van der Waals surface area contributed by atoms with E-state index in [9.17, 15) is 4.79 Å². The predicted molar refractivity (Wildman–Crippen MR) is 77.6 cm³/mol. The summed E-state index contributed by atoms with van der Waals surface area (Å²) in [6, 6.07) is 8.25. The molecule has 1 aromatic carbocycles. The van der Waals surface area contributed by atoms with Gasteiger partial charge in [-0.1, -0.05) is 38.1 Å². The first kappa shape index (κ1) is 13.7. The van der Waals surface area contributed by atoms with E-state index in [-0.39, 0.29) is 5.97 Å². The molecule has 0 spiro atoms. The van der Waals surface area contributed by atoms with Crippen molar-refractivity contribution in [3.8, 4) is 10.4 Å². The van der Waals surface area contributed by atoms with E-state index in [1.807, 2.05) is 12.1 Å². The van der Waals surface area contributed by atoms with Gasteiger partial charge in [0.05, 0.1) is 17.0 Å². The summed E-state index contributed by atoms with van der Waals surface area (Å²) in [7, 11) is 0. The molecule has 1 heterocycles. The smallest absolute Gasteiger partial charge is 0.358 e. The van der Waals surface area contributed by atoms with E-state index < -0.39 is 0 Å². The fourth-order valence-corrected chi connectivity index (χ4v) is 2.60. The van der Waals surface area contributed by atoms with Gasteiger partial charge < -0.3 is 4.74 Å². The van der Waals surface area contributed by atoms with Gasteiger partial charge in [-0.15, -0.1) is 11.3 Å². The lowest BCUT2D eigenvalue weighted by molar-refractivity contribution is 0.0521. The lowest BCUT2D eigenvalue weighted by Crippen LogP contribution is -2.06. The Morgan fingerprint density at radius 1 is 1.32 bits per heavy atom. The average Bonchev–Trinajstić information content (AvgIpc) is 2.88. The molecular weight excluding hydrogens is 258 g/mol. The minimum atomic E-state index is -0.355. The second-order valence-corrected chi connectivity index (χ2v) is 5.38. The highest BCUT2D eigenvalue weighted by Crippen LogP contribution is 2.29. The SMILES string of the molecule is CCOC(=O)c1ncsc1-c1ccc(C(C)C)cc1. The van der Waals surface area contributed by atoms with Crippen LogP contribution in [0, 0.1) is 0 Å². The molecule has 0 saturated carbocycles. The molecule has 3 nitrogen and oxygen atoms in total. The number of nitrogens with zero attached hydrogens (tertiary/aromatic N) is 1. The summed E-state index contributed by atoms with van der Waals surface area (Å²) in [6.07, 6.45) is 0. The van der Waals surface area contributed by atoms with Crippen LogP contribution in [0.4, 0.5) is 0 Å². The zero-order chi connectivity index (χ0) is 13.8. The number of hydrogen-bond donors (Lipinski definition) is 0. The summed E-state index contributed by atoms with van der Waals surface area (Å²) in [5.74, 6) is 0.145. The van der Waals surface area contributed by atoms with Gasteiger partial charge in [-0.25, -0.2) is 9.78 Å². The lowest BCUT2D eigenvalue weighted by atomic mass is 10.0. The topological polar surface area (TPSA) is 39.2 Å². The molecule has 0 saturated heterocycles. The lowest BCUT2D eigenvalue weighted by Gasteiger charge is -2.07. The van der Waals surface area contributed by atoms with Crippen molar-refractivity contribution in [2.24, 2.45) is 0 Å². The summed E-state index contributed by atoms with van der Waals surface area (Å²) >= 11 is 1.46. The number of hydrogen-bond acceptors (Lipinski definition) is 4. The van der Waals surface area contributed by atoms with E-state index in [1.165, 1.54) is 16.9 Å². The Hall–Kier alpha value is -1.68. The minimum absolute atomic E-state index is 0.355. The number of thiazole rings is 1. The standard InChI is InChI=1S/C15H17NO2S/c1-4-18-15(17)13-14(19-9-16-13)12-7-5-11(6-8-12)10(2)3/h5-10H,4H2,1-3H3. The van der Waals surface area contributed by atoms with Gasteiger partial charge in [0.25, 0.3) is 0 Å². The third-order valence-electron chi connectivity index (χ3n) is 2.88. The van der Waals surface area contributed by atoms with Crippen LogP contribution in [0.3, 0.4) is 0 Å². The first-order valence-electron chi connectivity index (χ1n) is 6.34. The Morgan fingerprint density at radius 3 is 2.58 bits per heavy atom. The first-order valence-corrected chi connectivity index (χ1v) is 7.22. The number of carbonyl (C=O) groups excluding carboxylic acids is 1. The summed E-state index contributed by atoms with van der Waals surface area (Å²) in [4.78, 5) is 16.8. The second kappa shape index (κ2) is 5.97. The third-order valence-corrected chi connectivity index (χ3v) is 3.75. The van der Waals surface area contributed by atoms with Gasteiger partial charge in [0.15, 0.2) is 5.69 Å². The van der Waals surface area contributed by atoms with Crippen molar-refractivity contribution >= 4 is 17.3 Å². The molecule has 2 aromatic rings. The molecule has 0 bridgehead atoms. The molecule has 0 aliphatic rings. The molecule has 0 radical (unpaired) electrons. The van der Waals surface area contributed by atoms with E-state index in [1.54, 1.807) is 12.4 Å². The molecule has 100 valence electrons. The Balaban J connectivity index is 2.32. The number of carbonyl (C=O) groups is 1. The molecule has 2 rings (SSSR count). The normalized spacial score (nSPS) is 10.7. The van der Waals surface area contributed by atoms with E-state index >= 15 is 0 Å². The number of ether oxygens (including phenoxy) is 1. The van der Waals surface area contributed by atoms with Gasteiger partial charge in [0, 0.05) is 0 Å². The zero-order valence-corrected chi connectivity index (χ0v) is 12.2. The van der Waals surface area contributed by atoms with Crippen molar-refractivity contribution in [2.45, 2.75) is 26.7 Å². The highest BCUT2D eigenvalue weighted by atomic mass is 32.1. The van der Waals surface area contributed by atoms with Crippen molar-refractivity contribution < 1.29 is 9.53 Å². The Kier molecular flexibility index (Phi) is 4.32. The van der Waals surface area contributed by atoms with E-state index in [0.29, 0.717) is 18.2 Å². The largest absolute Gasteiger partial charge is 0.461 e. The molecule has 0 aliphatic heterocycles. The summed E-state index contributed by atoms with van der Waals surface area (Å²) in [5, 5.41) is 0. The maximum absolute atomic E-state index is 11.8. The zero-order valence-electron chi connectivity index (χ0n) is 11.3. The third kappa shape index (κ3) is 3.01. The van der Waals surface area contributed by atoms with Crippen LogP contribution < -0.4 is 0 Å². The molecule has 1 aromatic heterocycles. The van der Waals surface area contributed by atoms with Crippen LogP contribution in [-0.4, -0.2) is 17.6 Å². The molecule has 0 amide bonds. The van der Waals surface area contributed by atoms with E-state index in [4.69, 9.17) is 4.74 Å². The predicted octanol–water partition coefficient (Wildman–Crippen LogP) is 4.11. The van der Waals surface area contributed by atoms with Crippen LogP contribution in [0.2, 0.25) is 0 Å². The van der Waals surface area contributed by atoms with Crippen LogP contribution in [0.5, 0.6) is 0 Å². The fraction of sp³-hybridized carbons (Fsp3) is 0.333. The summed E-state index contributed by atoms with van der Waals surface area (Å²) in [5.41, 5.74) is 4.38. The molecule has 0 atom stereocenters. The van der Waals surface area contributed by atoms with Crippen molar-refractivity contribution in [2.75, 3.05) is 6.61 Å². The summed E-state index contributed by atoms with van der Waals surface area (Å²) < 4.78 is 5.02. The van der Waals surface area contributed by atoms with Gasteiger partial charge in [-0.2, -0.15) is 0 Å². The van der Waals surface area contributed by atoms with Crippen LogP contribution >= 0.6 is 11.3 Å². The van der Waals surface area contributed by atoms with Crippen molar-refractivity contribution in [1.82, 2.24) is 4.98 Å². The molecule has 0 aliphatic carbocycles. The van der Waals surface area contributed by atoms with E-state index in [2.05, 4.69) is 31.0 Å². The number of aromatic nitrogens is 1. The average molecular weight is 275 g/mol. The fourth-order valence-electron chi connectivity index (χ4n) is 1.82. The number of rotatable bonds is 4. The number of esters is 1. The van der Waals surface area contributed by atoms with Gasteiger partial charge in [0.1, 0.15) is 0 Å². The number of benzene rings is 1. The Morgan fingerprint density at radius 2 is 2.00 bits per heavy atom. The van der Waals surface area contributed by atoms with Crippen molar-refractivity contribution in [3.05, 3.63) is 41.0 Å². The first-order chi connectivity index (χ1) is 9.13. The Labute approximate surface area is 117 Å². The molecule has 4 heteroatoms. The van der Waals surface area contributed by atoms with Gasteiger partial charge in [-0.3, -0.25) is 0 Å². The molecule has 0 unspecified atom stereocenters. The maximum atomic E-state index is 11.8. The van der Waals surface area contributed by atoms with Gasteiger partial charge in [0.2, 0.25) is 0 Å². The summed E-state index contributed by atoms with van der Waals surface area (Å²) in [6.45, 7) is 6.47. The Bertz CT molecular complexity index is 558. The second-order valence-electron chi connectivity index (χ2n) is 4.53. The monoisotopic (exact) mass is 275 g/mol. The highest BCUT2D eigenvalue weighted by Gasteiger charge is 2.17. The van der Waals surface area contributed by atoms with Crippen LogP contribution in [0.1, 0.15) is 42.7 Å². The van der Waals surface area contributed by atoms with Crippen LogP contribution in [0.25, 0.3) is 10.4 Å². The molecular formula is C15H17NO2S. The van der Waals surface area contributed by atoms with Gasteiger partial charge >= 0.3 is 5.97 Å². The van der Waals surface area contributed by atoms with E-state index in [0.717, 1.165) is 10.4 Å². The van der Waals surface area contributed by atoms with Crippen molar-refractivity contribution in [1.29, 1.82) is 0 Å². The van der Waals surface area contributed by atoms with Gasteiger partial charge in [-0.05, 0) is 24.0 Å². The minimum Gasteiger partial charge on any atom is -0.461 e. The highest BCUT2D eigenvalue weighted by molar-refractivity contribution is 7.13. The van der Waals surface area contributed by atoms with Crippen molar-refractivity contribution in [3.63, 3.8) is 0 Å². The quantitative estimate of drug-likeness (QED) is 0.788. The molecule has 19 heavy (non-hydrogen) atoms. The molecule has 0 N–H and O–H groups in total. The molecule has 0 fully saturated rings. The van der Waals surface area contributed by atoms with Crippen LogP contribution in [0.15, 0.2) is 29.8 Å².